The van der Waals surface area contributed by atoms with Crippen LogP contribution in [0.4, 0.5) is 26.0 Å². The van der Waals surface area contributed by atoms with Crippen molar-refractivity contribution in [2.24, 2.45) is 0 Å². The third kappa shape index (κ3) is 5.00. The molecule has 0 radical (unpaired) electrons. The van der Waals surface area contributed by atoms with Crippen molar-refractivity contribution in [2.45, 2.75) is 20.0 Å². The number of benzene rings is 2. The number of amides is 1. The Morgan fingerprint density at radius 1 is 1.00 bits per heavy atom. The molecule has 144 valence electrons. The first kappa shape index (κ1) is 19.2. The van der Waals surface area contributed by atoms with Crippen LogP contribution >= 0.6 is 0 Å². The Hall–Kier alpha value is -3.55. The number of anilines is 3. The molecule has 0 saturated carbocycles. The van der Waals surface area contributed by atoms with Crippen molar-refractivity contribution in [3.63, 3.8) is 0 Å². The number of hydrogen-bond donors (Lipinski definition) is 2. The highest BCUT2D eigenvalue weighted by Crippen LogP contribution is 2.20. The van der Waals surface area contributed by atoms with E-state index in [0.717, 1.165) is 12.1 Å². The Bertz CT molecular complexity index is 961. The molecule has 2 aromatic carbocycles. The van der Waals surface area contributed by atoms with E-state index in [9.17, 15) is 13.6 Å². The minimum atomic E-state index is -0.756. The molecule has 0 unspecified atom stereocenters. The average molecular weight is 384 g/mol. The molecule has 3 rings (SSSR count). The fourth-order valence-corrected chi connectivity index (χ4v) is 2.33. The minimum absolute atomic E-state index is 0.0524. The summed E-state index contributed by atoms with van der Waals surface area (Å²) in [6, 6.07) is 13.0. The molecule has 8 heteroatoms. The van der Waals surface area contributed by atoms with E-state index in [4.69, 9.17) is 4.74 Å². The van der Waals surface area contributed by atoms with Gasteiger partial charge in [0.05, 0.1) is 11.8 Å². The zero-order chi connectivity index (χ0) is 20.1. The standard InChI is InChI=1S/C20H18F2N4O2/c1-12(2)28-15-6-4-14(5-7-15)23-20(27)18-9-10-19(26-25-18)24-17-8-3-13(21)11-16(17)22/h3-12H,1-2H3,(H,23,27)(H,24,26). The van der Waals surface area contributed by atoms with Crippen molar-refractivity contribution >= 4 is 23.1 Å². The summed E-state index contributed by atoms with van der Waals surface area (Å²) >= 11 is 0. The maximum absolute atomic E-state index is 13.7. The Morgan fingerprint density at radius 3 is 2.36 bits per heavy atom. The first-order chi connectivity index (χ1) is 13.4. The molecule has 0 atom stereocenters. The molecule has 6 nitrogen and oxygen atoms in total. The summed E-state index contributed by atoms with van der Waals surface area (Å²) in [5.74, 6) is -0.948. The number of carbonyl (C=O) groups is 1. The third-order valence-corrected chi connectivity index (χ3v) is 3.58. The lowest BCUT2D eigenvalue weighted by Gasteiger charge is -2.10. The molecule has 1 amide bonds. The molecule has 0 aliphatic heterocycles. The maximum Gasteiger partial charge on any atom is 0.276 e. The number of ether oxygens (including phenoxy) is 1. The molecule has 0 saturated heterocycles. The first-order valence-electron chi connectivity index (χ1n) is 8.54. The van der Waals surface area contributed by atoms with Gasteiger partial charge in [0.25, 0.3) is 5.91 Å². The zero-order valence-electron chi connectivity index (χ0n) is 15.2. The van der Waals surface area contributed by atoms with E-state index in [1.165, 1.54) is 18.2 Å². The number of aromatic nitrogens is 2. The molecule has 1 aromatic heterocycles. The Labute approximate surface area is 160 Å². The number of nitrogens with one attached hydrogen (secondary N) is 2. The molecule has 0 bridgehead atoms. The molecule has 0 aliphatic rings. The van der Waals surface area contributed by atoms with Gasteiger partial charge >= 0.3 is 0 Å². The van der Waals surface area contributed by atoms with Crippen LogP contribution in [0.15, 0.2) is 54.6 Å². The van der Waals surface area contributed by atoms with E-state index < -0.39 is 17.5 Å². The monoisotopic (exact) mass is 384 g/mol. The van der Waals surface area contributed by atoms with Crippen LogP contribution in [0.2, 0.25) is 0 Å². The van der Waals surface area contributed by atoms with E-state index in [1.54, 1.807) is 24.3 Å². The van der Waals surface area contributed by atoms with Crippen molar-refractivity contribution in [3.8, 4) is 5.75 Å². The van der Waals surface area contributed by atoms with Crippen LogP contribution in [0.5, 0.6) is 5.75 Å². The van der Waals surface area contributed by atoms with E-state index in [0.29, 0.717) is 11.4 Å². The van der Waals surface area contributed by atoms with Gasteiger partial charge in [-0.05, 0) is 62.4 Å². The van der Waals surface area contributed by atoms with Crippen LogP contribution in [0.3, 0.4) is 0 Å². The van der Waals surface area contributed by atoms with E-state index in [-0.39, 0.29) is 23.3 Å². The van der Waals surface area contributed by atoms with Crippen LogP contribution in [-0.4, -0.2) is 22.2 Å². The summed E-state index contributed by atoms with van der Waals surface area (Å²) in [7, 11) is 0. The smallest absolute Gasteiger partial charge is 0.276 e. The van der Waals surface area contributed by atoms with Crippen molar-refractivity contribution < 1.29 is 18.3 Å². The summed E-state index contributed by atoms with van der Waals surface area (Å²) in [5, 5.41) is 13.1. The summed E-state index contributed by atoms with van der Waals surface area (Å²) in [6.45, 7) is 3.86. The summed E-state index contributed by atoms with van der Waals surface area (Å²) in [4.78, 5) is 12.3. The van der Waals surface area contributed by atoms with E-state index in [2.05, 4.69) is 20.8 Å². The van der Waals surface area contributed by atoms with Gasteiger partial charge in [-0.1, -0.05) is 0 Å². The number of carbonyl (C=O) groups excluding carboxylic acids is 1. The molecule has 3 aromatic rings. The average Bonchev–Trinajstić information content (AvgIpc) is 2.66. The Kier molecular flexibility index (Phi) is 5.78. The number of rotatable bonds is 6. The fraction of sp³-hybridized carbons (Fsp3) is 0.150. The zero-order valence-corrected chi connectivity index (χ0v) is 15.2. The topological polar surface area (TPSA) is 76.1 Å². The molecule has 28 heavy (non-hydrogen) atoms. The lowest BCUT2D eigenvalue weighted by Crippen LogP contribution is -2.14. The van der Waals surface area contributed by atoms with Crippen LogP contribution < -0.4 is 15.4 Å². The lowest BCUT2D eigenvalue weighted by molar-refractivity contribution is 0.102. The largest absolute Gasteiger partial charge is 0.491 e. The van der Waals surface area contributed by atoms with Crippen LogP contribution in [0.25, 0.3) is 0 Å². The van der Waals surface area contributed by atoms with Gasteiger partial charge in [-0.3, -0.25) is 4.79 Å². The van der Waals surface area contributed by atoms with Gasteiger partial charge < -0.3 is 15.4 Å². The quantitative estimate of drug-likeness (QED) is 0.653. The van der Waals surface area contributed by atoms with Crippen LogP contribution in [0.1, 0.15) is 24.3 Å². The SMILES string of the molecule is CC(C)Oc1ccc(NC(=O)c2ccc(Nc3ccc(F)cc3F)nn2)cc1. The molecular formula is C20H18F2N4O2. The number of nitrogens with zero attached hydrogens (tertiary/aromatic N) is 2. The predicted octanol–water partition coefficient (Wildman–Crippen LogP) is 4.54. The van der Waals surface area contributed by atoms with Crippen LogP contribution in [-0.2, 0) is 0 Å². The lowest BCUT2D eigenvalue weighted by atomic mass is 10.2. The predicted molar refractivity (Wildman–Crippen MR) is 102 cm³/mol. The molecule has 2 N–H and O–H groups in total. The summed E-state index contributed by atoms with van der Waals surface area (Å²) in [5.41, 5.74) is 0.725. The van der Waals surface area contributed by atoms with Gasteiger partial charge in [0.1, 0.15) is 17.4 Å². The highest BCUT2D eigenvalue weighted by atomic mass is 19.1. The highest BCUT2D eigenvalue weighted by Gasteiger charge is 2.10. The Balaban J connectivity index is 1.63. The van der Waals surface area contributed by atoms with Gasteiger partial charge in [0.2, 0.25) is 0 Å². The molecule has 0 aliphatic carbocycles. The van der Waals surface area contributed by atoms with Gasteiger partial charge in [-0.15, -0.1) is 10.2 Å². The number of halogens is 2. The minimum Gasteiger partial charge on any atom is -0.491 e. The van der Waals surface area contributed by atoms with Crippen molar-refractivity contribution in [1.82, 2.24) is 10.2 Å². The highest BCUT2D eigenvalue weighted by molar-refractivity contribution is 6.02. The maximum atomic E-state index is 13.7. The normalized spacial score (nSPS) is 10.6. The van der Waals surface area contributed by atoms with Gasteiger partial charge in [-0.25, -0.2) is 8.78 Å². The van der Waals surface area contributed by atoms with Gasteiger partial charge in [-0.2, -0.15) is 0 Å². The molecular weight excluding hydrogens is 366 g/mol. The first-order valence-corrected chi connectivity index (χ1v) is 8.54. The van der Waals surface area contributed by atoms with Crippen molar-refractivity contribution in [2.75, 3.05) is 10.6 Å². The fourth-order valence-electron chi connectivity index (χ4n) is 2.33. The molecule has 0 fully saturated rings. The summed E-state index contributed by atoms with van der Waals surface area (Å²) in [6.07, 6.45) is 0.0613. The van der Waals surface area contributed by atoms with Crippen LogP contribution in [0, 0.1) is 11.6 Å². The van der Waals surface area contributed by atoms with Gasteiger partial charge in [0.15, 0.2) is 11.5 Å². The Morgan fingerprint density at radius 2 is 1.75 bits per heavy atom. The second-order valence-corrected chi connectivity index (χ2v) is 6.20. The molecule has 1 heterocycles. The van der Waals surface area contributed by atoms with Crippen molar-refractivity contribution in [3.05, 3.63) is 71.9 Å². The van der Waals surface area contributed by atoms with Gasteiger partial charge in [0, 0.05) is 11.8 Å². The summed E-state index contributed by atoms with van der Waals surface area (Å²) < 4.78 is 32.1. The van der Waals surface area contributed by atoms with Crippen molar-refractivity contribution in [1.29, 1.82) is 0 Å². The second-order valence-electron chi connectivity index (χ2n) is 6.20. The third-order valence-electron chi connectivity index (χ3n) is 3.58. The van der Waals surface area contributed by atoms with E-state index in [1.807, 2.05) is 13.8 Å². The molecule has 0 spiro atoms. The number of hydrogen-bond acceptors (Lipinski definition) is 5. The van der Waals surface area contributed by atoms with E-state index >= 15 is 0 Å². The second kappa shape index (κ2) is 8.43.